The molecular weight excluding hydrogens is 258 g/mol. The maximum Gasteiger partial charge on any atom is 0.314 e. The van der Waals surface area contributed by atoms with Crippen molar-refractivity contribution in [3.05, 3.63) is 38.9 Å². The molecule has 0 aliphatic rings. The summed E-state index contributed by atoms with van der Waals surface area (Å²) in [6.07, 6.45) is 0. The summed E-state index contributed by atoms with van der Waals surface area (Å²) in [5.74, 6) is 0. The standard InChI is InChI=1S/C10H11N3O4S/c1-13(2)18(16,17)6-3-4-7-8(5-6)12-10(15)9(14)11-7/h3-5H,1-2H3,(H,11,14)(H,12,15). The van der Waals surface area contributed by atoms with E-state index in [-0.39, 0.29) is 10.4 Å². The Kier molecular flexibility index (Phi) is 2.83. The number of fused-ring (bicyclic) bond motifs is 1. The Bertz CT molecular complexity index is 817. The molecule has 0 aliphatic carbocycles. The summed E-state index contributed by atoms with van der Waals surface area (Å²) in [7, 11) is -0.748. The van der Waals surface area contributed by atoms with E-state index in [2.05, 4.69) is 9.97 Å². The topological polar surface area (TPSA) is 103 Å². The molecule has 0 saturated heterocycles. The molecule has 0 amide bonds. The minimum absolute atomic E-state index is 0.0442. The molecule has 0 fully saturated rings. The van der Waals surface area contributed by atoms with E-state index in [0.717, 1.165) is 4.31 Å². The van der Waals surface area contributed by atoms with E-state index < -0.39 is 21.1 Å². The summed E-state index contributed by atoms with van der Waals surface area (Å²) in [5.41, 5.74) is -0.951. The third-order valence-electron chi connectivity index (χ3n) is 2.47. The van der Waals surface area contributed by atoms with Crippen LogP contribution in [0, 0.1) is 0 Å². The highest BCUT2D eigenvalue weighted by Gasteiger charge is 2.17. The molecule has 96 valence electrons. The molecule has 2 rings (SSSR count). The first-order chi connectivity index (χ1) is 8.32. The number of sulfonamides is 1. The molecule has 0 spiro atoms. The van der Waals surface area contributed by atoms with Gasteiger partial charge in [-0.25, -0.2) is 12.7 Å². The van der Waals surface area contributed by atoms with Crippen molar-refractivity contribution in [2.24, 2.45) is 0 Å². The first-order valence-electron chi connectivity index (χ1n) is 5.01. The van der Waals surface area contributed by atoms with Crippen LogP contribution in [0.3, 0.4) is 0 Å². The van der Waals surface area contributed by atoms with Crippen LogP contribution < -0.4 is 11.1 Å². The van der Waals surface area contributed by atoms with Gasteiger partial charge < -0.3 is 9.97 Å². The Labute approximate surface area is 102 Å². The molecule has 18 heavy (non-hydrogen) atoms. The Balaban J connectivity index is 2.76. The average molecular weight is 269 g/mol. The van der Waals surface area contributed by atoms with Crippen LogP contribution in [-0.4, -0.2) is 36.8 Å². The Morgan fingerprint density at radius 1 is 1.00 bits per heavy atom. The van der Waals surface area contributed by atoms with Gasteiger partial charge in [0.2, 0.25) is 10.0 Å². The van der Waals surface area contributed by atoms with Crippen molar-refractivity contribution in [1.29, 1.82) is 0 Å². The van der Waals surface area contributed by atoms with Crippen molar-refractivity contribution in [2.45, 2.75) is 4.90 Å². The number of aromatic amines is 2. The molecule has 0 aliphatic heterocycles. The van der Waals surface area contributed by atoms with Crippen LogP contribution in [0.2, 0.25) is 0 Å². The molecular formula is C10H11N3O4S. The van der Waals surface area contributed by atoms with Crippen molar-refractivity contribution in [3.8, 4) is 0 Å². The zero-order chi connectivity index (χ0) is 13.5. The van der Waals surface area contributed by atoms with Crippen molar-refractivity contribution in [1.82, 2.24) is 14.3 Å². The molecule has 2 aromatic rings. The van der Waals surface area contributed by atoms with Crippen molar-refractivity contribution < 1.29 is 8.42 Å². The van der Waals surface area contributed by atoms with Gasteiger partial charge in [-0.3, -0.25) is 9.59 Å². The van der Waals surface area contributed by atoms with E-state index in [1.165, 1.54) is 32.3 Å². The normalized spacial score (nSPS) is 12.2. The van der Waals surface area contributed by atoms with Crippen molar-refractivity contribution >= 4 is 21.1 Å². The Morgan fingerprint density at radius 2 is 1.56 bits per heavy atom. The fraction of sp³-hybridized carbons (Fsp3) is 0.200. The highest BCUT2D eigenvalue weighted by Crippen LogP contribution is 2.16. The smallest absolute Gasteiger partial charge is 0.314 e. The molecule has 0 radical (unpaired) electrons. The molecule has 1 aromatic heterocycles. The van der Waals surface area contributed by atoms with Gasteiger partial charge in [0.15, 0.2) is 0 Å². The lowest BCUT2D eigenvalue weighted by Gasteiger charge is -2.11. The molecule has 1 heterocycles. The van der Waals surface area contributed by atoms with Crippen LogP contribution in [0.4, 0.5) is 0 Å². The van der Waals surface area contributed by atoms with E-state index in [4.69, 9.17) is 0 Å². The summed E-state index contributed by atoms with van der Waals surface area (Å²) < 4.78 is 24.8. The Morgan fingerprint density at radius 3 is 2.11 bits per heavy atom. The van der Waals surface area contributed by atoms with Gasteiger partial charge >= 0.3 is 11.1 Å². The van der Waals surface area contributed by atoms with E-state index in [1.54, 1.807) is 0 Å². The van der Waals surface area contributed by atoms with E-state index in [0.29, 0.717) is 5.52 Å². The second kappa shape index (κ2) is 4.07. The predicted octanol–water partition coefficient (Wildman–Crippen LogP) is -0.533. The molecule has 2 N–H and O–H groups in total. The number of benzene rings is 1. The maximum absolute atomic E-state index is 11.9. The summed E-state index contributed by atoms with van der Waals surface area (Å²) in [5, 5.41) is 0. The molecule has 1 aromatic carbocycles. The molecule has 8 heteroatoms. The minimum atomic E-state index is -3.57. The van der Waals surface area contributed by atoms with Gasteiger partial charge in [-0.05, 0) is 18.2 Å². The fourth-order valence-electron chi connectivity index (χ4n) is 1.47. The Hall–Kier alpha value is -1.93. The zero-order valence-corrected chi connectivity index (χ0v) is 10.5. The zero-order valence-electron chi connectivity index (χ0n) is 9.72. The number of H-pyrrole nitrogens is 2. The summed E-state index contributed by atoms with van der Waals surface area (Å²) in [4.78, 5) is 27.0. The monoisotopic (exact) mass is 269 g/mol. The summed E-state index contributed by atoms with van der Waals surface area (Å²) in [6.45, 7) is 0. The SMILES string of the molecule is CN(C)S(=O)(=O)c1ccc2[nH]c(=O)c(=O)[nH]c2c1. The first kappa shape index (κ1) is 12.5. The summed E-state index contributed by atoms with van der Waals surface area (Å²) >= 11 is 0. The van der Waals surface area contributed by atoms with Crippen molar-refractivity contribution in [2.75, 3.05) is 14.1 Å². The van der Waals surface area contributed by atoms with Gasteiger partial charge in [-0.15, -0.1) is 0 Å². The van der Waals surface area contributed by atoms with Crippen molar-refractivity contribution in [3.63, 3.8) is 0 Å². The number of aromatic nitrogens is 2. The average Bonchev–Trinajstić information content (AvgIpc) is 2.29. The van der Waals surface area contributed by atoms with Crippen LogP contribution in [-0.2, 0) is 10.0 Å². The molecule has 0 bridgehead atoms. The van der Waals surface area contributed by atoms with E-state index in [1.807, 2.05) is 0 Å². The molecule has 7 nitrogen and oxygen atoms in total. The van der Waals surface area contributed by atoms with Gasteiger partial charge in [0.25, 0.3) is 0 Å². The third kappa shape index (κ3) is 1.95. The largest absolute Gasteiger partial charge is 0.316 e. The lowest BCUT2D eigenvalue weighted by Crippen LogP contribution is -2.29. The van der Waals surface area contributed by atoms with Crippen LogP contribution >= 0.6 is 0 Å². The number of hydrogen-bond donors (Lipinski definition) is 2. The van der Waals surface area contributed by atoms with Crippen LogP contribution in [0.25, 0.3) is 11.0 Å². The van der Waals surface area contributed by atoms with Crippen LogP contribution in [0.15, 0.2) is 32.7 Å². The fourth-order valence-corrected chi connectivity index (χ4v) is 2.39. The minimum Gasteiger partial charge on any atom is -0.316 e. The number of hydrogen-bond acceptors (Lipinski definition) is 4. The van der Waals surface area contributed by atoms with Gasteiger partial charge in [-0.2, -0.15) is 0 Å². The highest BCUT2D eigenvalue weighted by molar-refractivity contribution is 7.89. The molecule has 0 unspecified atom stereocenters. The molecule has 0 saturated carbocycles. The number of nitrogens with one attached hydrogen (secondary N) is 2. The van der Waals surface area contributed by atoms with Gasteiger partial charge in [0.1, 0.15) is 0 Å². The van der Waals surface area contributed by atoms with Gasteiger partial charge in [-0.1, -0.05) is 0 Å². The van der Waals surface area contributed by atoms with Gasteiger partial charge in [0.05, 0.1) is 15.9 Å². The predicted molar refractivity (Wildman–Crippen MR) is 66.1 cm³/mol. The highest BCUT2D eigenvalue weighted by atomic mass is 32.2. The van der Waals surface area contributed by atoms with Crippen LogP contribution in [0.5, 0.6) is 0 Å². The second-order valence-corrected chi connectivity index (χ2v) is 6.05. The van der Waals surface area contributed by atoms with Gasteiger partial charge in [0, 0.05) is 14.1 Å². The van der Waals surface area contributed by atoms with E-state index >= 15 is 0 Å². The first-order valence-corrected chi connectivity index (χ1v) is 6.45. The number of rotatable bonds is 2. The quantitative estimate of drug-likeness (QED) is 0.715. The van der Waals surface area contributed by atoms with E-state index in [9.17, 15) is 18.0 Å². The lowest BCUT2D eigenvalue weighted by atomic mass is 10.3. The summed E-state index contributed by atoms with van der Waals surface area (Å²) in [6, 6.07) is 4.11. The van der Waals surface area contributed by atoms with Crippen LogP contribution in [0.1, 0.15) is 0 Å². The lowest BCUT2D eigenvalue weighted by molar-refractivity contribution is 0.521. The molecule has 0 atom stereocenters. The second-order valence-electron chi connectivity index (χ2n) is 3.90. The maximum atomic E-state index is 11.9. The number of nitrogens with zero attached hydrogens (tertiary/aromatic N) is 1. The third-order valence-corrected chi connectivity index (χ3v) is 4.28.